The summed E-state index contributed by atoms with van der Waals surface area (Å²) in [6.07, 6.45) is 2.27. The minimum Gasteiger partial charge on any atom is -0.315 e. The lowest BCUT2D eigenvalue weighted by Gasteiger charge is -2.34. The lowest BCUT2D eigenvalue weighted by atomic mass is 10.2. The van der Waals surface area contributed by atoms with E-state index >= 15 is 0 Å². The SMILES string of the molecule is C[C@@]12CCC(=O)N1[C@H](C(=O)N1CCCSC1=Nc1ccccc1Cl)CS2. The summed E-state index contributed by atoms with van der Waals surface area (Å²) < 4.78 is 0. The third kappa shape index (κ3) is 3.14. The van der Waals surface area contributed by atoms with Gasteiger partial charge in [-0.25, -0.2) is 4.99 Å². The molecule has 3 aliphatic rings. The highest BCUT2D eigenvalue weighted by Crippen LogP contribution is 2.47. The van der Waals surface area contributed by atoms with Crippen LogP contribution in [-0.2, 0) is 9.59 Å². The fourth-order valence-electron chi connectivity index (χ4n) is 3.69. The number of carbonyl (C=O) groups is 2. The fourth-order valence-corrected chi connectivity index (χ4v) is 6.24. The van der Waals surface area contributed by atoms with E-state index < -0.39 is 6.04 Å². The zero-order valence-corrected chi connectivity index (χ0v) is 16.9. The molecule has 0 bridgehead atoms. The Labute approximate surface area is 166 Å². The molecule has 2 amide bonds. The highest BCUT2D eigenvalue weighted by molar-refractivity contribution is 8.13. The highest BCUT2D eigenvalue weighted by atomic mass is 35.5. The van der Waals surface area contributed by atoms with Crippen molar-refractivity contribution in [1.82, 2.24) is 9.80 Å². The average Bonchev–Trinajstić information content (AvgIpc) is 3.13. The van der Waals surface area contributed by atoms with Crippen LogP contribution >= 0.6 is 35.1 Å². The summed E-state index contributed by atoms with van der Waals surface area (Å²) >= 11 is 9.52. The topological polar surface area (TPSA) is 53.0 Å². The number of hydrogen-bond donors (Lipinski definition) is 0. The van der Waals surface area contributed by atoms with Crippen LogP contribution in [-0.4, -0.2) is 55.7 Å². The van der Waals surface area contributed by atoms with Crippen molar-refractivity contribution in [2.45, 2.75) is 37.1 Å². The number of aliphatic imine (C=N–C) groups is 1. The monoisotopic (exact) mass is 409 g/mol. The minimum atomic E-state index is -0.393. The number of carbonyl (C=O) groups excluding carboxylic acids is 2. The van der Waals surface area contributed by atoms with Gasteiger partial charge in [0.05, 0.1) is 15.6 Å². The number of rotatable bonds is 2. The van der Waals surface area contributed by atoms with Crippen LogP contribution in [0.3, 0.4) is 0 Å². The second-order valence-electron chi connectivity index (χ2n) is 6.80. The Bertz CT molecular complexity index is 787. The summed E-state index contributed by atoms with van der Waals surface area (Å²) in [5.41, 5.74) is 0.666. The number of fused-ring (bicyclic) bond motifs is 1. The van der Waals surface area contributed by atoms with Crippen LogP contribution in [0.25, 0.3) is 0 Å². The molecule has 4 rings (SSSR count). The first kappa shape index (κ1) is 18.2. The van der Waals surface area contributed by atoms with Crippen molar-refractivity contribution in [2.24, 2.45) is 4.99 Å². The zero-order valence-electron chi connectivity index (χ0n) is 14.5. The first-order chi connectivity index (χ1) is 12.5. The molecular formula is C18H20ClN3O2S2. The Morgan fingerprint density at radius 2 is 2.19 bits per heavy atom. The number of halogens is 1. The molecule has 3 aliphatic heterocycles. The third-order valence-electron chi connectivity index (χ3n) is 5.05. The Balaban J connectivity index is 1.62. The molecule has 0 radical (unpaired) electrons. The smallest absolute Gasteiger partial charge is 0.252 e. The molecule has 3 saturated heterocycles. The summed E-state index contributed by atoms with van der Waals surface area (Å²) in [5, 5.41) is 1.25. The van der Waals surface area contributed by atoms with Gasteiger partial charge in [0.2, 0.25) is 5.91 Å². The summed E-state index contributed by atoms with van der Waals surface area (Å²) in [7, 11) is 0. The van der Waals surface area contributed by atoms with Crippen LogP contribution in [0.4, 0.5) is 5.69 Å². The van der Waals surface area contributed by atoms with Crippen LogP contribution < -0.4 is 0 Å². The predicted octanol–water partition coefficient (Wildman–Crippen LogP) is 3.75. The molecule has 0 spiro atoms. The summed E-state index contributed by atoms with van der Waals surface area (Å²) in [6, 6.07) is 6.99. The van der Waals surface area contributed by atoms with Crippen LogP contribution in [0, 0.1) is 0 Å². The fraction of sp³-hybridized carbons (Fsp3) is 0.500. The van der Waals surface area contributed by atoms with Crippen molar-refractivity contribution in [3.63, 3.8) is 0 Å². The molecule has 5 nitrogen and oxygen atoms in total. The van der Waals surface area contributed by atoms with Gasteiger partial charge in [-0.05, 0) is 31.9 Å². The maximum atomic E-state index is 13.3. The lowest BCUT2D eigenvalue weighted by Crippen LogP contribution is -2.53. The minimum absolute atomic E-state index is 0.0190. The summed E-state index contributed by atoms with van der Waals surface area (Å²) in [5.74, 6) is 1.65. The number of para-hydroxylation sites is 1. The number of nitrogens with zero attached hydrogens (tertiary/aromatic N) is 3. The number of thioether (sulfide) groups is 2. The van der Waals surface area contributed by atoms with Gasteiger partial charge in [-0.15, -0.1) is 11.8 Å². The first-order valence-corrected chi connectivity index (χ1v) is 11.1. The molecule has 3 fully saturated rings. The zero-order chi connectivity index (χ0) is 18.3. The van der Waals surface area contributed by atoms with Crippen LogP contribution in [0.5, 0.6) is 0 Å². The van der Waals surface area contributed by atoms with Crippen molar-refractivity contribution < 1.29 is 9.59 Å². The van der Waals surface area contributed by atoms with Gasteiger partial charge in [0.25, 0.3) is 5.91 Å². The van der Waals surface area contributed by atoms with Gasteiger partial charge < -0.3 is 4.90 Å². The highest BCUT2D eigenvalue weighted by Gasteiger charge is 2.54. The van der Waals surface area contributed by atoms with E-state index in [1.165, 1.54) is 0 Å². The molecule has 2 atom stereocenters. The van der Waals surface area contributed by atoms with Crippen molar-refractivity contribution in [2.75, 3.05) is 18.1 Å². The molecule has 138 valence electrons. The van der Waals surface area contributed by atoms with Crippen LogP contribution in [0.15, 0.2) is 29.3 Å². The molecule has 0 saturated carbocycles. The Kier molecular flexibility index (Phi) is 4.96. The number of hydrogen-bond acceptors (Lipinski definition) is 5. The van der Waals surface area contributed by atoms with E-state index in [-0.39, 0.29) is 16.7 Å². The van der Waals surface area contributed by atoms with Crippen LogP contribution in [0.2, 0.25) is 5.02 Å². The van der Waals surface area contributed by atoms with E-state index in [0.29, 0.717) is 34.6 Å². The Hall–Kier alpha value is -1.18. The van der Waals surface area contributed by atoms with Crippen molar-refractivity contribution in [3.8, 4) is 0 Å². The molecule has 8 heteroatoms. The van der Waals surface area contributed by atoms with Crippen molar-refractivity contribution >= 4 is 57.8 Å². The van der Waals surface area contributed by atoms with Gasteiger partial charge in [-0.2, -0.15) is 0 Å². The number of amidine groups is 1. The van der Waals surface area contributed by atoms with E-state index in [2.05, 4.69) is 11.9 Å². The van der Waals surface area contributed by atoms with Gasteiger partial charge in [0.1, 0.15) is 6.04 Å². The molecule has 0 aromatic heterocycles. The lowest BCUT2D eigenvalue weighted by molar-refractivity contribution is -0.141. The molecule has 1 aromatic carbocycles. The van der Waals surface area contributed by atoms with Gasteiger partial charge in [-0.1, -0.05) is 35.5 Å². The largest absolute Gasteiger partial charge is 0.315 e. The second kappa shape index (κ2) is 7.09. The molecule has 26 heavy (non-hydrogen) atoms. The molecular weight excluding hydrogens is 390 g/mol. The number of benzene rings is 1. The van der Waals surface area contributed by atoms with Gasteiger partial charge >= 0.3 is 0 Å². The van der Waals surface area contributed by atoms with Crippen molar-refractivity contribution in [1.29, 1.82) is 0 Å². The summed E-state index contributed by atoms with van der Waals surface area (Å²) in [4.78, 5) is 33.7. The van der Waals surface area contributed by atoms with Crippen LogP contribution in [0.1, 0.15) is 26.2 Å². The normalized spacial score (nSPS) is 30.2. The quantitative estimate of drug-likeness (QED) is 0.746. The van der Waals surface area contributed by atoms with Gasteiger partial charge in [0.15, 0.2) is 5.17 Å². The van der Waals surface area contributed by atoms with Gasteiger partial charge in [-0.3, -0.25) is 14.5 Å². The van der Waals surface area contributed by atoms with E-state index in [9.17, 15) is 9.59 Å². The molecule has 0 unspecified atom stereocenters. The Morgan fingerprint density at radius 1 is 1.38 bits per heavy atom. The number of amides is 2. The van der Waals surface area contributed by atoms with E-state index in [1.807, 2.05) is 23.1 Å². The summed E-state index contributed by atoms with van der Waals surface area (Å²) in [6.45, 7) is 2.70. The standard InChI is InChI=1S/C18H20ClN3O2S2/c1-18-8-7-15(23)22(18)14(11-26-18)16(24)21-9-4-10-25-17(21)20-13-6-3-2-5-12(13)19/h2-3,5-6,14H,4,7-11H2,1H3/t14-,18+/m0/s1. The van der Waals surface area contributed by atoms with Gasteiger partial charge in [0, 0.05) is 24.5 Å². The maximum absolute atomic E-state index is 13.3. The average molecular weight is 410 g/mol. The Morgan fingerprint density at radius 3 is 3.00 bits per heavy atom. The molecule has 1 aromatic rings. The third-order valence-corrected chi connectivity index (χ3v) is 7.94. The molecule has 3 heterocycles. The van der Waals surface area contributed by atoms with E-state index in [4.69, 9.17) is 11.6 Å². The molecule has 0 aliphatic carbocycles. The predicted molar refractivity (Wildman–Crippen MR) is 108 cm³/mol. The molecule has 0 N–H and O–H groups in total. The van der Waals surface area contributed by atoms with E-state index in [1.54, 1.807) is 34.5 Å². The van der Waals surface area contributed by atoms with E-state index in [0.717, 1.165) is 18.6 Å². The first-order valence-electron chi connectivity index (χ1n) is 8.73. The van der Waals surface area contributed by atoms with Crippen molar-refractivity contribution in [3.05, 3.63) is 29.3 Å². The maximum Gasteiger partial charge on any atom is 0.252 e. The second-order valence-corrected chi connectivity index (χ2v) is 9.77.